The number of ether oxygens (including phenoxy) is 1. The molecule has 1 rings (SSSR count). The third kappa shape index (κ3) is 7.31. The summed E-state index contributed by atoms with van der Waals surface area (Å²) in [5, 5.41) is 6.06. The number of carbonyl (C=O) groups excluding carboxylic acids is 1. The number of amides is 1. The van der Waals surface area contributed by atoms with Crippen molar-refractivity contribution in [3.8, 4) is 0 Å². The molecule has 0 aromatic heterocycles. The normalized spacial score (nSPS) is 13.6. The number of alkyl carbamates (subject to hydrolysis) is 1. The first-order valence-electron chi connectivity index (χ1n) is 7.59. The zero-order chi connectivity index (χ0) is 17.8. The van der Waals surface area contributed by atoms with Gasteiger partial charge in [-0.15, -0.1) is 0 Å². The lowest BCUT2D eigenvalue weighted by Gasteiger charge is -2.30. The molecule has 0 aliphatic carbocycles. The van der Waals surface area contributed by atoms with Crippen molar-refractivity contribution in [1.29, 1.82) is 0 Å². The van der Waals surface area contributed by atoms with Gasteiger partial charge in [-0.2, -0.15) is 0 Å². The fourth-order valence-corrected chi connectivity index (χ4v) is 2.37. The zero-order valence-corrected chi connectivity index (χ0v) is 16.2. The fourth-order valence-electron chi connectivity index (χ4n) is 1.99. The minimum Gasteiger partial charge on any atom is -0.444 e. The van der Waals surface area contributed by atoms with Gasteiger partial charge in [0.1, 0.15) is 11.4 Å². The molecule has 1 aromatic carbocycles. The van der Waals surface area contributed by atoms with E-state index in [2.05, 4.69) is 26.6 Å². The molecule has 0 aliphatic rings. The molecular formula is C17H26BrFN2O2. The molecule has 23 heavy (non-hydrogen) atoms. The highest BCUT2D eigenvalue weighted by molar-refractivity contribution is 9.10. The van der Waals surface area contributed by atoms with E-state index in [9.17, 15) is 9.18 Å². The van der Waals surface area contributed by atoms with Crippen molar-refractivity contribution in [2.45, 2.75) is 58.7 Å². The van der Waals surface area contributed by atoms with Crippen molar-refractivity contribution < 1.29 is 13.9 Å². The third-order valence-corrected chi connectivity index (χ3v) is 3.61. The molecule has 0 radical (unpaired) electrons. The summed E-state index contributed by atoms with van der Waals surface area (Å²) < 4.78 is 20.0. The Labute approximate surface area is 146 Å². The lowest BCUT2D eigenvalue weighted by atomic mass is 10.0. The molecule has 1 atom stereocenters. The highest BCUT2D eigenvalue weighted by Gasteiger charge is 2.25. The van der Waals surface area contributed by atoms with Crippen LogP contribution in [0.2, 0.25) is 0 Å². The van der Waals surface area contributed by atoms with Crippen LogP contribution in [0.4, 0.5) is 9.18 Å². The van der Waals surface area contributed by atoms with Gasteiger partial charge in [0.05, 0.1) is 5.54 Å². The van der Waals surface area contributed by atoms with Gasteiger partial charge in [-0.25, -0.2) is 9.18 Å². The Kier molecular flexibility index (Phi) is 6.59. The van der Waals surface area contributed by atoms with E-state index in [-0.39, 0.29) is 11.9 Å². The summed E-state index contributed by atoms with van der Waals surface area (Å²) in [5.74, 6) is -0.258. The monoisotopic (exact) mass is 388 g/mol. The first kappa shape index (κ1) is 19.9. The van der Waals surface area contributed by atoms with Crippen molar-refractivity contribution in [3.05, 3.63) is 34.1 Å². The van der Waals surface area contributed by atoms with E-state index in [0.717, 1.165) is 4.47 Å². The molecule has 0 saturated heterocycles. The van der Waals surface area contributed by atoms with Gasteiger partial charge in [0.15, 0.2) is 0 Å². The maximum atomic E-state index is 13.9. The predicted molar refractivity (Wildman–Crippen MR) is 94.0 cm³/mol. The molecule has 4 nitrogen and oxygen atoms in total. The molecule has 0 aliphatic heterocycles. The molecule has 1 aromatic rings. The second-order valence-corrected chi connectivity index (χ2v) is 8.19. The van der Waals surface area contributed by atoms with Crippen LogP contribution in [0.1, 0.15) is 53.1 Å². The van der Waals surface area contributed by atoms with E-state index < -0.39 is 17.2 Å². The SMILES string of the molecule is CC(NCC(C)(C)NC(=O)OC(C)(C)C)c1cc(Br)ccc1F. The largest absolute Gasteiger partial charge is 0.444 e. The van der Waals surface area contributed by atoms with Gasteiger partial charge in [-0.3, -0.25) is 0 Å². The maximum absolute atomic E-state index is 13.9. The van der Waals surface area contributed by atoms with Crippen molar-refractivity contribution in [2.75, 3.05) is 6.54 Å². The lowest BCUT2D eigenvalue weighted by Crippen LogP contribution is -2.52. The first-order chi connectivity index (χ1) is 10.4. The van der Waals surface area contributed by atoms with Crippen LogP contribution in [0.15, 0.2) is 22.7 Å². The molecular weight excluding hydrogens is 363 g/mol. The van der Waals surface area contributed by atoms with Crippen LogP contribution in [0.25, 0.3) is 0 Å². The maximum Gasteiger partial charge on any atom is 0.408 e. The Bertz CT molecular complexity index is 556. The van der Waals surface area contributed by atoms with E-state index in [0.29, 0.717) is 12.1 Å². The summed E-state index contributed by atoms with van der Waals surface area (Å²) in [7, 11) is 0. The van der Waals surface area contributed by atoms with Crippen molar-refractivity contribution in [2.24, 2.45) is 0 Å². The van der Waals surface area contributed by atoms with Gasteiger partial charge in [-0.1, -0.05) is 15.9 Å². The lowest BCUT2D eigenvalue weighted by molar-refractivity contribution is 0.0471. The summed E-state index contributed by atoms with van der Waals surface area (Å²) in [6.07, 6.45) is -0.467. The van der Waals surface area contributed by atoms with Gasteiger partial charge in [0.25, 0.3) is 0 Å². The standard InChI is InChI=1S/C17H26BrFN2O2/c1-11(13-9-12(18)7-8-14(13)19)20-10-17(5,6)21-15(22)23-16(2,3)4/h7-9,11,20H,10H2,1-6H3,(H,21,22). The number of hydrogen-bond acceptors (Lipinski definition) is 3. The van der Waals surface area contributed by atoms with Crippen LogP contribution in [-0.2, 0) is 4.74 Å². The molecule has 6 heteroatoms. The minimum absolute atomic E-state index is 0.188. The fraction of sp³-hybridized carbons (Fsp3) is 0.588. The van der Waals surface area contributed by atoms with Gasteiger partial charge >= 0.3 is 6.09 Å². The van der Waals surface area contributed by atoms with E-state index >= 15 is 0 Å². The summed E-state index contributed by atoms with van der Waals surface area (Å²) in [4.78, 5) is 11.9. The second kappa shape index (κ2) is 7.62. The van der Waals surface area contributed by atoms with Crippen LogP contribution >= 0.6 is 15.9 Å². The van der Waals surface area contributed by atoms with E-state index in [4.69, 9.17) is 4.74 Å². The smallest absolute Gasteiger partial charge is 0.408 e. The van der Waals surface area contributed by atoms with Crippen LogP contribution in [0.5, 0.6) is 0 Å². The Balaban J connectivity index is 2.61. The van der Waals surface area contributed by atoms with Gasteiger partial charge in [-0.05, 0) is 59.7 Å². The second-order valence-electron chi connectivity index (χ2n) is 7.28. The molecule has 0 heterocycles. The zero-order valence-electron chi connectivity index (χ0n) is 14.6. The van der Waals surface area contributed by atoms with Crippen molar-refractivity contribution in [3.63, 3.8) is 0 Å². The Morgan fingerprint density at radius 2 is 1.91 bits per heavy atom. The summed E-state index contributed by atoms with van der Waals surface area (Å²) >= 11 is 3.35. The minimum atomic E-state index is -0.541. The predicted octanol–water partition coefficient (Wildman–Crippen LogP) is 4.54. The Hall–Kier alpha value is -1.14. The summed E-state index contributed by atoms with van der Waals surface area (Å²) in [6.45, 7) is 11.6. The highest BCUT2D eigenvalue weighted by Crippen LogP contribution is 2.22. The topological polar surface area (TPSA) is 50.4 Å². The number of halogens is 2. The van der Waals surface area contributed by atoms with Crippen LogP contribution in [0.3, 0.4) is 0 Å². The van der Waals surface area contributed by atoms with Crippen LogP contribution < -0.4 is 10.6 Å². The molecule has 0 saturated carbocycles. The number of hydrogen-bond donors (Lipinski definition) is 2. The molecule has 0 fully saturated rings. The van der Waals surface area contributed by atoms with Gasteiger partial charge in [0, 0.05) is 22.6 Å². The van der Waals surface area contributed by atoms with Crippen LogP contribution in [0, 0.1) is 5.82 Å². The number of carbonyl (C=O) groups is 1. The molecule has 1 amide bonds. The number of nitrogens with one attached hydrogen (secondary N) is 2. The first-order valence-corrected chi connectivity index (χ1v) is 8.38. The highest BCUT2D eigenvalue weighted by atomic mass is 79.9. The number of benzene rings is 1. The molecule has 0 bridgehead atoms. The molecule has 2 N–H and O–H groups in total. The Morgan fingerprint density at radius 1 is 1.30 bits per heavy atom. The third-order valence-electron chi connectivity index (χ3n) is 3.11. The number of rotatable bonds is 5. The Morgan fingerprint density at radius 3 is 2.48 bits per heavy atom. The van der Waals surface area contributed by atoms with E-state index in [1.54, 1.807) is 12.1 Å². The van der Waals surface area contributed by atoms with E-state index in [1.165, 1.54) is 6.07 Å². The van der Waals surface area contributed by atoms with Crippen molar-refractivity contribution >= 4 is 22.0 Å². The van der Waals surface area contributed by atoms with Crippen LogP contribution in [-0.4, -0.2) is 23.8 Å². The molecule has 0 spiro atoms. The average molecular weight is 389 g/mol. The summed E-state index contributed by atoms with van der Waals surface area (Å²) in [5.41, 5.74) is -0.494. The van der Waals surface area contributed by atoms with Gasteiger partial charge in [0.2, 0.25) is 0 Å². The van der Waals surface area contributed by atoms with E-state index in [1.807, 2.05) is 41.5 Å². The molecule has 1 unspecified atom stereocenters. The summed E-state index contributed by atoms with van der Waals surface area (Å²) in [6, 6.07) is 4.66. The quantitative estimate of drug-likeness (QED) is 0.777. The average Bonchev–Trinajstić information content (AvgIpc) is 2.36. The molecule has 130 valence electrons. The van der Waals surface area contributed by atoms with Gasteiger partial charge < -0.3 is 15.4 Å². The van der Waals surface area contributed by atoms with Crippen molar-refractivity contribution in [1.82, 2.24) is 10.6 Å².